The molecule has 2 aromatic carbocycles. The molecular formula is C25H34N2O4. The summed E-state index contributed by atoms with van der Waals surface area (Å²) in [6.07, 6.45) is 2.16. The number of benzene rings is 2. The number of carbonyl (C=O) groups is 1. The van der Waals surface area contributed by atoms with Gasteiger partial charge < -0.3 is 19.5 Å². The summed E-state index contributed by atoms with van der Waals surface area (Å²) in [5, 5.41) is 2.90. The Hall–Kier alpha value is -2.57. The average Bonchev–Trinajstić information content (AvgIpc) is 2.79. The van der Waals surface area contributed by atoms with Gasteiger partial charge in [-0.3, -0.25) is 9.69 Å². The van der Waals surface area contributed by atoms with Crippen molar-refractivity contribution in [2.24, 2.45) is 0 Å². The molecule has 0 aromatic heterocycles. The van der Waals surface area contributed by atoms with E-state index in [1.165, 1.54) is 5.56 Å². The fourth-order valence-corrected chi connectivity index (χ4v) is 3.57. The van der Waals surface area contributed by atoms with Gasteiger partial charge in [0.2, 0.25) is 0 Å². The van der Waals surface area contributed by atoms with Crippen LogP contribution in [0.4, 0.5) is 0 Å². The quantitative estimate of drug-likeness (QED) is 0.630. The largest absolute Gasteiger partial charge is 0.492 e. The molecule has 1 aliphatic heterocycles. The van der Waals surface area contributed by atoms with E-state index in [1.54, 1.807) is 0 Å². The number of nitrogens with one attached hydrogen (secondary N) is 1. The maximum absolute atomic E-state index is 12.1. The summed E-state index contributed by atoms with van der Waals surface area (Å²) in [5.74, 6) is 1.38. The first-order chi connectivity index (χ1) is 15.0. The normalized spacial score (nSPS) is 14.5. The van der Waals surface area contributed by atoms with Crippen molar-refractivity contribution in [2.75, 3.05) is 40.0 Å². The number of likely N-dealkylation sites (N-methyl/N-ethyl adjacent to an activating group) is 1. The Morgan fingerprint density at radius 3 is 2.61 bits per heavy atom. The van der Waals surface area contributed by atoms with Crippen LogP contribution in [0, 0.1) is 13.8 Å². The van der Waals surface area contributed by atoms with Crippen molar-refractivity contribution in [3.05, 3.63) is 59.2 Å². The minimum absolute atomic E-state index is 0.00274. The number of nitrogens with zero attached hydrogens (tertiary/aromatic N) is 1. The third-order valence-corrected chi connectivity index (χ3v) is 5.76. The number of ether oxygens (including phenoxy) is 3. The fraction of sp³-hybridized carbons (Fsp3) is 0.480. The van der Waals surface area contributed by atoms with E-state index in [-0.39, 0.29) is 12.5 Å². The lowest BCUT2D eigenvalue weighted by Crippen LogP contribution is -2.38. The van der Waals surface area contributed by atoms with Gasteiger partial charge in [0.15, 0.2) is 6.61 Å². The SMILES string of the molecule is Cc1ccc(OCC(=O)NCc2cccc(OCCN(C)C3CCOCC3)c2)cc1C. The van der Waals surface area contributed by atoms with Crippen LogP contribution in [0.25, 0.3) is 0 Å². The van der Waals surface area contributed by atoms with Gasteiger partial charge in [-0.05, 0) is 74.7 Å². The molecule has 1 amide bonds. The van der Waals surface area contributed by atoms with Crippen molar-refractivity contribution in [2.45, 2.75) is 39.3 Å². The number of rotatable bonds is 10. The minimum atomic E-state index is -0.150. The van der Waals surface area contributed by atoms with Gasteiger partial charge in [-0.25, -0.2) is 0 Å². The van der Waals surface area contributed by atoms with Crippen molar-refractivity contribution in [1.82, 2.24) is 10.2 Å². The van der Waals surface area contributed by atoms with Crippen molar-refractivity contribution in [3.63, 3.8) is 0 Å². The predicted molar refractivity (Wildman–Crippen MR) is 122 cm³/mol. The number of hydrogen-bond acceptors (Lipinski definition) is 5. The summed E-state index contributed by atoms with van der Waals surface area (Å²) in [6.45, 7) is 7.72. The molecule has 0 aliphatic carbocycles. The first-order valence-corrected chi connectivity index (χ1v) is 11.0. The van der Waals surface area contributed by atoms with E-state index >= 15 is 0 Å². The highest BCUT2D eigenvalue weighted by Gasteiger charge is 2.18. The molecule has 3 rings (SSSR count). The Labute approximate surface area is 185 Å². The van der Waals surface area contributed by atoms with E-state index in [4.69, 9.17) is 14.2 Å². The van der Waals surface area contributed by atoms with Crippen LogP contribution in [-0.2, 0) is 16.1 Å². The van der Waals surface area contributed by atoms with E-state index in [0.717, 1.165) is 49.5 Å². The average molecular weight is 427 g/mol. The minimum Gasteiger partial charge on any atom is -0.492 e. The first-order valence-electron chi connectivity index (χ1n) is 11.0. The zero-order valence-corrected chi connectivity index (χ0v) is 18.9. The van der Waals surface area contributed by atoms with Crippen LogP contribution in [0.3, 0.4) is 0 Å². The van der Waals surface area contributed by atoms with E-state index in [0.29, 0.717) is 24.9 Å². The zero-order chi connectivity index (χ0) is 22.1. The molecule has 6 heteroatoms. The summed E-state index contributed by atoms with van der Waals surface area (Å²) in [5.41, 5.74) is 3.35. The van der Waals surface area contributed by atoms with Gasteiger partial charge in [0.25, 0.3) is 5.91 Å². The molecule has 168 valence electrons. The second-order valence-corrected chi connectivity index (χ2v) is 8.13. The molecule has 31 heavy (non-hydrogen) atoms. The maximum atomic E-state index is 12.1. The van der Waals surface area contributed by atoms with Gasteiger partial charge in [0.05, 0.1) is 0 Å². The highest BCUT2D eigenvalue weighted by atomic mass is 16.5. The Bertz CT molecular complexity index is 849. The van der Waals surface area contributed by atoms with Crippen LogP contribution in [0.1, 0.15) is 29.5 Å². The molecule has 0 unspecified atom stereocenters. The second kappa shape index (κ2) is 11.7. The number of amides is 1. The number of hydrogen-bond donors (Lipinski definition) is 1. The van der Waals surface area contributed by atoms with Crippen LogP contribution in [0.15, 0.2) is 42.5 Å². The van der Waals surface area contributed by atoms with Gasteiger partial charge in [-0.1, -0.05) is 18.2 Å². The van der Waals surface area contributed by atoms with Gasteiger partial charge in [0.1, 0.15) is 18.1 Å². The molecule has 6 nitrogen and oxygen atoms in total. The summed E-state index contributed by atoms with van der Waals surface area (Å²) in [7, 11) is 2.14. The number of carbonyl (C=O) groups excluding carboxylic acids is 1. The van der Waals surface area contributed by atoms with Gasteiger partial charge >= 0.3 is 0 Å². The van der Waals surface area contributed by atoms with Gasteiger partial charge in [-0.2, -0.15) is 0 Å². The molecule has 0 bridgehead atoms. The predicted octanol–water partition coefficient (Wildman–Crippen LogP) is 3.49. The lowest BCUT2D eigenvalue weighted by atomic mass is 10.1. The lowest BCUT2D eigenvalue weighted by Gasteiger charge is -2.31. The number of aryl methyl sites for hydroxylation is 2. The summed E-state index contributed by atoms with van der Waals surface area (Å²) in [6, 6.07) is 14.2. The smallest absolute Gasteiger partial charge is 0.258 e. The Morgan fingerprint density at radius 1 is 1.06 bits per heavy atom. The summed E-state index contributed by atoms with van der Waals surface area (Å²) < 4.78 is 17.0. The molecule has 2 aromatic rings. The molecule has 0 saturated carbocycles. The van der Waals surface area contributed by atoms with E-state index in [9.17, 15) is 4.79 Å². The monoisotopic (exact) mass is 426 g/mol. The van der Waals surface area contributed by atoms with Crippen LogP contribution in [0.2, 0.25) is 0 Å². The van der Waals surface area contributed by atoms with Crippen molar-refractivity contribution in [1.29, 1.82) is 0 Å². The highest BCUT2D eigenvalue weighted by Crippen LogP contribution is 2.17. The topological polar surface area (TPSA) is 60.0 Å². The molecule has 1 saturated heterocycles. The second-order valence-electron chi connectivity index (χ2n) is 8.13. The molecule has 0 atom stereocenters. The molecule has 1 N–H and O–H groups in total. The Kier molecular flexibility index (Phi) is 8.74. The van der Waals surface area contributed by atoms with Gasteiger partial charge in [-0.15, -0.1) is 0 Å². The van der Waals surface area contributed by atoms with Crippen molar-refractivity contribution < 1.29 is 19.0 Å². The van der Waals surface area contributed by atoms with Crippen LogP contribution in [0.5, 0.6) is 11.5 Å². The zero-order valence-electron chi connectivity index (χ0n) is 18.9. The van der Waals surface area contributed by atoms with Gasteiger partial charge in [0, 0.05) is 32.3 Å². The molecular weight excluding hydrogens is 392 g/mol. The molecule has 0 spiro atoms. The fourth-order valence-electron chi connectivity index (χ4n) is 3.57. The van der Waals surface area contributed by atoms with Crippen LogP contribution < -0.4 is 14.8 Å². The third kappa shape index (κ3) is 7.56. The highest BCUT2D eigenvalue weighted by molar-refractivity contribution is 5.77. The summed E-state index contributed by atoms with van der Waals surface area (Å²) in [4.78, 5) is 14.5. The standard InChI is InChI=1S/C25H34N2O4/c1-19-7-8-24(15-20(19)2)31-18-25(28)26-17-21-5-4-6-23(16-21)30-14-11-27(3)22-9-12-29-13-10-22/h4-8,15-16,22H,9-14,17-18H2,1-3H3,(H,26,28). The molecule has 1 fully saturated rings. The molecule has 0 radical (unpaired) electrons. The Balaban J connectivity index is 1.38. The van der Waals surface area contributed by atoms with Crippen molar-refractivity contribution in [3.8, 4) is 11.5 Å². The molecule has 1 aliphatic rings. The molecule has 1 heterocycles. The van der Waals surface area contributed by atoms with Crippen molar-refractivity contribution >= 4 is 5.91 Å². The first kappa shape index (κ1) is 23.1. The van der Waals surface area contributed by atoms with Crippen LogP contribution >= 0.6 is 0 Å². The Morgan fingerprint density at radius 2 is 1.84 bits per heavy atom. The van der Waals surface area contributed by atoms with E-state index in [2.05, 4.69) is 17.3 Å². The maximum Gasteiger partial charge on any atom is 0.258 e. The van der Waals surface area contributed by atoms with Crippen LogP contribution in [-0.4, -0.2) is 56.9 Å². The van der Waals surface area contributed by atoms with E-state index in [1.807, 2.05) is 56.3 Å². The summed E-state index contributed by atoms with van der Waals surface area (Å²) >= 11 is 0. The van der Waals surface area contributed by atoms with E-state index < -0.39 is 0 Å². The third-order valence-electron chi connectivity index (χ3n) is 5.76. The lowest BCUT2D eigenvalue weighted by molar-refractivity contribution is -0.123.